The molecule has 0 saturated carbocycles. The van der Waals surface area contributed by atoms with Crippen molar-refractivity contribution in [2.45, 2.75) is 39.5 Å². The van der Waals surface area contributed by atoms with Crippen LogP contribution in [0.3, 0.4) is 0 Å². The van der Waals surface area contributed by atoms with Gasteiger partial charge in [-0.05, 0) is 49.2 Å². The molecule has 2 nitrogen and oxygen atoms in total. The second-order valence-electron chi connectivity index (χ2n) is 5.36. The summed E-state index contributed by atoms with van der Waals surface area (Å²) >= 11 is 3.50. The molecule has 1 atom stereocenters. The molecular weight excluding hydrogens is 345 g/mol. The molecule has 2 rings (SSSR count). The summed E-state index contributed by atoms with van der Waals surface area (Å²) in [5.41, 5.74) is 2.06. The number of hydrogen-bond acceptors (Lipinski definition) is 2. The van der Waals surface area contributed by atoms with Gasteiger partial charge in [-0.25, -0.2) is 4.39 Å². The Bertz CT molecular complexity index is 601. The van der Waals surface area contributed by atoms with Crippen molar-refractivity contribution in [2.24, 2.45) is 0 Å². The quantitative estimate of drug-likeness (QED) is 0.740. The molecule has 0 saturated heterocycles. The van der Waals surface area contributed by atoms with Crippen LogP contribution in [0.5, 0.6) is 5.75 Å². The fourth-order valence-electron chi connectivity index (χ4n) is 2.00. The number of nitrogens with one attached hydrogen (secondary N) is 1. The summed E-state index contributed by atoms with van der Waals surface area (Å²) in [5, 5.41) is 3.47. The highest BCUT2D eigenvalue weighted by Gasteiger charge is 2.07. The molecule has 0 radical (unpaired) electrons. The van der Waals surface area contributed by atoms with E-state index in [2.05, 4.69) is 41.2 Å². The third kappa shape index (κ3) is 5.11. The molecule has 118 valence electrons. The zero-order chi connectivity index (χ0) is 15.9. The van der Waals surface area contributed by atoms with Crippen molar-refractivity contribution in [3.05, 3.63) is 63.9 Å². The largest absolute Gasteiger partial charge is 0.489 e. The molecule has 0 bridgehead atoms. The van der Waals surface area contributed by atoms with E-state index in [1.165, 1.54) is 12.1 Å². The summed E-state index contributed by atoms with van der Waals surface area (Å²) < 4.78 is 19.8. The molecule has 0 fully saturated rings. The van der Waals surface area contributed by atoms with Gasteiger partial charge in [0.15, 0.2) is 0 Å². The number of halogens is 2. The first-order valence-corrected chi connectivity index (χ1v) is 8.27. The third-order valence-electron chi connectivity index (χ3n) is 3.58. The maximum Gasteiger partial charge on any atom is 0.124 e. The van der Waals surface area contributed by atoms with Gasteiger partial charge in [-0.3, -0.25) is 0 Å². The smallest absolute Gasteiger partial charge is 0.124 e. The van der Waals surface area contributed by atoms with Crippen molar-refractivity contribution in [2.75, 3.05) is 0 Å². The summed E-state index contributed by atoms with van der Waals surface area (Å²) in [5.74, 6) is 0.620. The zero-order valence-corrected chi connectivity index (χ0v) is 14.5. The van der Waals surface area contributed by atoms with Gasteiger partial charge < -0.3 is 10.1 Å². The molecule has 2 aromatic rings. The number of ether oxygens (including phenoxy) is 1. The Morgan fingerprint density at radius 3 is 2.59 bits per heavy atom. The van der Waals surface area contributed by atoms with E-state index in [1.54, 1.807) is 12.1 Å². The van der Waals surface area contributed by atoms with Crippen LogP contribution >= 0.6 is 15.9 Å². The molecule has 2 aromatic carbocycles. The summed E-state index contributed by atoms with van der Waals surface area (Å²) in [6.45, 7) is 5.51. The predicted molar refractivity (Wildman–Crippen MR) is 91.5 cm³/mol. The molecular formula is C18H21BrFNO. The van der Waals surface area contributed by atoms with Crippen LogP contribution in [-0.2, 0) is 13.2 Å². The van der Waals surface area contributed by atoms with Gasteiger partial charge in [0, 0.05) is 22.6 Å². The molecule has 1 N–H and O–H groups in total. The summed E-state index contributed by atoms with van der Waals surface area (Å²) in [6, 6.07) is 12.8. The van der Waals surface area contributed by atoms with Gasteiger partial charge in [0.1, 0.15) is 18.2 Å². The highest BCUT2D eigenvalue weighted by atomic mass is 79.9. The van der Waals surface area contributed by atoms with Gasteiger partial charge in [0.05, 0.1) is 0 Å². The molecule has 0 aliphatic heterocycles. The predicted octanol–water partition coefficient (Wildman–Crippen LogP) is 5.06. The topological polar surface area (TPSA) is 21.3 Å². The van der Waals surface area contributed by atoms with Crippen LogP contribution in [0.2, 0.25) is 0 Å². The van der Waals surface area contributed by atoms with Crippen LogP contribution < -0.4 is 10.1 Å². The van der Waals surface area contributed by atoms with Gasteiger partial charge in [-0.15, -0.1) is 0 Å². The fraction of sp³-hybridized carbons (Fsp3) is 0.333. The lowest BCUT2D eigenvalue weighted by molar-refractivity contribution is 0.301. The molecule has 1 unspecified atom stereocenters. The van der Waals surface area contributed by atoms with Crippen LogP contribution in [0, 0.1) is 5.82 Å². The number of hydrogen-bond donors (Lipinski definition) is 1. The van der Waals surface area contributed by atoms with Gasteiger partial charge in [-0.1, -0.05) is 35.0 Å². The van der Waals surface area contributed by atoms with Gasteiger partial charge in [0.25, 0.3) is 0 Å². The maximum absolute atomic E-state index is 12.9. The molecule has 0 aliphatic carbocycles. The van der Waals surface area contributed by atoms with Crippen molar-refractivity contribution < 1.29 is 9.13 Å². The van der Waals surface area contributed by atoms with Crippen LogP contribution in [0.25, 0.3) is 0 Å². The van der Waals surface area contributed by atoms with Crippen molar-refractivity contribution in [1.29, 1.82) is 0 Å². The van der Waals surface area contributed by atoms with Crippen LogP contribution in [-0.4, -0.2) is 6.04 Å². The average Bonchev–Trinajstić information content (AvgIpc) is 2.53. The van der Waals surface area contributed by atoms with E-state index in [-0.39, 0.29) is 5.82 Å². The van der Waals surface area contributed by atoms with E-state index < -0.39 is 0 Å². The van der Waals surface area contributed by atoms with E-state index in [0.29, 0.717) is 12.6 Å². The van der Waals surface area contributed by atoms with Crippen LogP contribution in [0.1, 0.15) is 31.4 Å². The number of rotatable bonds is 7. The van der Waals surface area contributed by atoms with Gasteiger partial charge in [-0.2, -0.15) is 0 Å². The first-order valence-electron chi connectivity index (χ1n) is 7.47. The standard InChI is InChI=1S/C18H21BrFNO/c1-3-13(2)21-11-15-10-16(19)6-9-18(15)22-12-14-4-7-17(20)8-5-14/h4-10,13,21H,3,11-12H2,1-2H3. The molecule has 0 aliphatic rings. The normalized spacial score (nSPS) is 12.2. The van der Waals surface area contributed by atoms with E-state index in [4.69, 9.17) is 4.74 Å². The van der Waals surface area contributed by atoms with E-state index >= 15 is 0 Å². The summed E-state index contributed by atoms with van der Waals surface area (Å²) in [6.07, 6.45) is 1.08. The molecule has 0 aromatic heterocycles. The fourth-order valence-corrected chi connectivity index (χ4v) is 2.41. The van der Waals surface area contributed by atoms with Crippen LogP contribution in [0.4, 0.5) is 4.39 Å². The van der Waals surface area contributed by atoms with Crippen LogP contribution in [0.15, 0.2) is 46.9 Å². The molecule has 4 heteroatoms. The summed E-state index contributed by atoms with van der Waals surface area (Å²) in [4.78, 5) is 0. The highest BCUT2D eigenvalue weighted by Crippen LogP contribution is 2.24. The second kappa shape index (κ2) is 8.30. The minimum Gasteiger partial charge on any atom is -0.489 e. The van der Waals surface area contributed by atoms with Crippen molar-refractivity contribution in [3.63, 3.8) is 0 Å². The monoisotopic (exact) mass is 365 g/mol. The molecule has 0 spiro atoms. The third-order valence-corrected chi connectivity index (χ3v) is 4.08. The van der Waals surface area contributed by atoms with E-state index in [9.17, 15) is 4.39 Å². The first kappa shape index (κ1) is 17.0. The highest BCUT2D eigenvalue weighted by molar-refractivity contribution is 9.10. The second-order valence-corrected chi connectivity index (χ2v) is 6.27. The lowest BCUT2D eigenvalue weighted by atomic mass is 10.1. The SMILES string of the molecule is CCC(C)NCc1cc(Br)ccc1OCc1ccc(F)cc1. The van der Waals surface area contributed by atoms with Crippen molar-refractivity contribution >= 4 is 15.9 Å². The molecule has 0 heterocycles. The molecule has 0 amide bonds. The Labute approximate surface area is 139 Å². The minimum absolute atomic E-state index is 0.231. The Morgan fingerprint density at radius 2 is 1.91 bits per heavy atom. The minimum atomic E-state index is -0.231. The maximum atomic E-state index is 12.9. The van der Waals surface area contributed by atoms with Gasteiger partial charge >= 0.3 is 0 Å². The van der Waals surface area contributed by atoms with Crippen molar-refractivity contribution in [1.82, 2.24) is 5.32 Å². The number of benzene rings is 2. The van der Waals surface area contributed by atoms with Crippen molar-refractivity contribution in [3.8, 4) is 5.75 Å². The summed E-state index contributed by atoms with van der Waals surface area (Å²) in [7, 11) is 0. The lowest BCUT2D eigenvalue weighted by Crippen LogP contribution is -2.24. The molecule has 22 heavy (non-hydrogen) atoms. The average molecular weight is 366 g/mol. The Kier molecular flexibility index (Phi) is 6.40. The first-order chi connectivity index (χ1) is 10.6. The lowest BCUT2D eigenvalue weighted by Gasteiger charge is -2.15. The Balaban J connectivity index is 2.04. The van der Waals surface area contributed by atoms with E-state index in [1.807, 2.05) is 12.1 Å². The Morgan fingerprint density at radius 1 is 1.18 bits per heavy atom. The van der Waals surface area contributed by atoms with E-state index in [0.717, 1.165) is 34.3 Å². The van der Waals surface area contributed by atoms with Gasteiger partial charge in [0.2, 0.25) is 0 Å². The zero-order valence-electron chi connectivity index (χ0n) is 12.9. The Hall–Kier alpha value is -1.39.